The molecule has 1 N–H and O–H groups in total. The van der Waals surface area contributed by atoms with Crippen molar-refractivity contribution in [1.82, 2.24) is 9.88 Å². The van der Waals surface area contributed by atoms with E-state index in [4.69, 9.17) is 17.0 Å². The van der Waals surface area contributed by atoms with Crippen LogP contribution in [0.15, 0.2) is 34.6 Å². The SMILES string of the molecule is CCOc1ccc(/C=C2\SC(=S)N(CC(=O)Nc3nc(C)cs3)C2=O)cc1. The molecule has 1 fully saturated rings. The van der Waals surface area contributed by atoms with Gasteiger partial charge in [0.15, 0.2) is 5.13 Å². The van der Waals surface area contributed by atoms with Gasteiger partial charge in [0, 0.05) is 5.38 Å². The molecule has 1 aliphatic rings. The molecular formula is C18H17N3O3S3. The van der Waals surface area contributed by atoms with Crippen LogP contribution in [0.1, 0.15) is 18.2 Å². The van der Waals surface area contributed by atoms with Crippen molar-refractivity contribution in [1.29, 1.82) is 0 Å². The third-order valence-electron chi connectivity index (χ3n) is 3.53. The van der Waals surface area contributed by atoms with Gasteiger partial charge in [-0.1, -0.05) is 36.1 Å². The average Bonchev–Trinajstić information content (AvgIpc) is 3.15. The molecule has 0 spiro atoms. The summed E-state index contributed by atoms with van der Waals surface area (Å²) in [5, 5.41) is 5.04. The Bertz CT molecular complexity index is 906. The minimum absolute atomic E-state index is 0.135. The van der Waals surface area contributed by atoms with Crippen LogP contribution in [-0.4, -0.2) is 39.2 Å². The van der Waals surface area contributed by atoms with E-state index in [1.54, 1.807) is 6.08 Å². The fourth-order valence-corrected chi connectivity index (χ4v) is 4.29. The maximum Gasteiger partial charge on any atom is 0.266 e. The van der Waals surface area contributed by atoms with Crippen molar-refractivity contribution in [3.63, 3.8) is 0 Å². The zero-order valence-corrected chi connectivity index (χ0v) is 17.2. The molecule has 9 heteroatoms. The number of hydrogen-bond donors (Lipinski definition) is 1. The predicted octanol–water partition coefficient (Wildman–Crippen LogP) is 3.69. The summed E-state index contributed by atoms with van der Waals surface area (Å²) in [6.45, 7) is 4.23. The first kappa shape index (κ1) is 19.5. The summed E-state index contributed by atoms with van der Waals surface area (Å²) < 4.78 is 5.77. The van der Waals surface area contributed by atoms with Crippen LogP contribution in [0.5, 0.6) is 5.75 Å². The normalized spacial score (nSPS) is 15.5. The first-order valence-electron chi connectivity index (χ1n) is 8.16. The quantitative estimate of drug-likeness (QED) is 0.569. The number of thiazole rings is 1. The van der Waals surface area contributed by atoms with E-state index in [1.807, 2.05) is 43.5 Å². The number of benzene rings is 1. The second-order valence-electron chi connectivity index (χ2n) is 5.61. The Balaban J connectivity index is 1.66. The lowest BCUT2D eigenvalue weighted by atomic mass is 10.2. The van der Waals surface area contributed by atoms with Crippen molar-refractivity contribution in [2.75, 3.05) is 18.5 Å². The molecule has 6 nitrogen and oxygen atoms in total. The number of anilines is 1. The average molecular weight is 420 g/mol. The predicted molar refractivity (Wildman–Crippen MR) is 113 cm³/mol. The number of amides is 2. The van der Waals surface area contributed by atoms with Gasteiger partial charge in [-0.15, -0.1) is 11.3 Å². The van der Waals surface area contributed by atoms with E-state index in [0.29, 0.717) is 21.0 Å². The highest BCUT2D eigenvalue weighted by Gasteiger charge is 2.33. The van der Waals surface area contributed by atoms with Crippen molar-refractivity contribution >= 4 is 62.7 Å². The van der Waals surface area contributed by atoms with Crippen LogP contribution in [0.4, 0.5) is 5.13 Å². The van der Waals surface area contributed by atoms with E-state index < -0.39 is 0 Å². The highest BCUT2D eigenvalue weighted by atomic mass is 32.2. The number of nitrogens with one attached hydrogen (secondary N) is 1. The molecule has 0 saturated carbocycles. The smallest absolute Gasteiger partial charge is 0.266 e. The number of rotatable bonds is 6. The number of carbonyl (C=O) groups excluding carboxylic acids is 2. The molecule has 1 aromatic carbocycles. The van der Waals surface area contributed by atoms with Crippen molar-refractivity contribution in [2.24, 2.45) is 0 Å². The summed E-state index contributed by atoms with van der Waals surface area (Å²) in [5.74, 6) is 0.170. The molecule has 0 aliphatic carbocycles. The summed E-state index contributed by atoms with van der Waals surface area (Å²) >= 11 is 7.79. The summed E-state index contributed by atoms with van der Waals surface area (Å²) in [5.41, 5.74) is 1.70. The fraction of sp³-hybridized carbons (Fsp3) is 0.222. The molecule has 0 bridgehead atoms. The van der Waals surface area contributed by atoms with Crippen molar-refractivity contribution in [3.05, 3.63) is 45.8 Å². The summed E-state index contributed by atoms with van der Waals surface area (Å²) in [7, 11) is 0. The second-order valence-corrected chi connectivity index (χ2v) is 8.15. The number of aromatic nitrogens is 1. The summed E-state index contributed by atoms with van der Waals surface area (Å²) in [6.07, 6.45) is 1.76. The van der Waals surface area contributed by atoms with Gasteiger partial charge in [0.2, 0.25) is 5.91 Å². The van der Waals surface area contributed by atoms with Crippen LogP contribution in [0, 0.1) is 6.92 Å². The summed E-state index contributed by atoms with van der Waals surface area (Å²) in [6, 6.07) is 7.43. The highest BCUT2D eigenvalue weighted by molar-refractivity contribution is 8.26. The Morgan fingerprint density at radius 2 is 2.11 bits per heavy atom. The Hall–Kier alpha value is -2.23. The third-order valence-corrected chi connectivity index (χ3v) is 5.78. The van der Waals surface area contributed by atoms with Gasteiger partial charge in [-0.3, -0.25) is 14.5 Å². The van der Waals surface area contributed by atoms with Crippen LogP contribution in [0.3, 0.4) is 0 Å². The lowest BCUT2D eigenvalue weighted by molar-refractivity contribution is -0.126. The van der Waals surface area contributed by atoms with Crippen LogP contribution < -0.4 is 10.1 Å². The van der Waals surface area contributed by atoms with Crippen LogP contribution >= 0.6 is 35.3 Å². The molecule has 0 atom stereocenters. The molecule has 0 radical (unpaired) electrons. The lowest BCUT2D eigenvalue weighted by Crippen LogP contribution is -2.36. The number of thiocarbonyl (C=S) groups is 1. The van der Waals surface area contributed by atoms with Crippen molar-refractivity contribution in [2.45, 2.75) is 13.8 Å². The minimum Gasteiger partial charge on any atom is -0.494 e. The van der Waals surface area contributed by atoms with E-state index >= 15 is 0 Å². The molecule has 3 rings (SSSR count). The zero-order valence-electron chi connectivity index (χ0n) is 14.7. The molecule has 140 valence electrons. The van der Waals surface area contributed by atoms with Crippen molar-refractivity contribution < 1.29 is 14.3 Å². The van der Waals surface area contributed by atoms with Gasteiger partial charge >= 0.3 is 0 Å². The first-order valence-corrected chi connectivity index (χ1v) is 10.3. The van der Waals surface area contributed by atoms with Gasteiger partial charge in [-0.05, 0) is 37.6 Å². The Kier molecular flexibility index (Phi) is 6.25. The molecule has 1 aromatic heterocycles. The Morgan fingerprint density at radius 1 is 1.37 bits per heavy atom. The number of aryl methyl sites for hydroxylation is 1. The van der Waals surface area contributed by atoms with Crippen LogP contribution in [-0.2, 0) is 9.59 Å². The molecule has 0 unspecified atom stereocenters. The van der Waals surface area contributed by atoms with Crippen LogP contribution in [0.2, 0.25) is 0 Å². The number of hydrogen-bond acceptors (Lipinski definition) is 7. The van der Waals surface area contributed by atoms with Crippen LogP contribution in [0.25, 0.3) is 6.08 Å². The molecule has 2 heterocycles. The maximum atomic E-state index is 12.6. The van der Waals surface area contributed by atoms with Gasteiger partial charge < -0.3 is 10.1 Å². The van der Waals surface area contributed by atoms with E-state index in [-0.39, 0.29) is 18.4 Å². The first-order chi connectivity index (χ1) is 13.0. The fourth-order valence-electron chi connectivity index (χ4n) is 2.33. The lowest BCUT2D eigenvalue weighted by Gasteiger charge is -2.13. The van der Waals surface area contributed by atoms with Gasteiger partial charge in [0.1, 0.15) is 16.6 Å². The molecule has 2 aromatic rings. The largest absolute Gasteiger partial charge is 0.494 e. The van der Waals surface area contributed by atoms with E-state index in [0.717, 1.165) is 17.0 Å². The van der Waals surface area contributed by atoms with Gasteiger partial charge in [-0.2, -0.15) is 0 Å². The van der Waals surface area contributed by atoms with Crippen molar-refractivity contribution in [3.8, 4) is 5.75 Å². The van der Waals surface area contributed by atoms with E-state index in [2.05, 4.69) is 10.3 Å². The zero-order chi connectivity index (χ0) is 19.4. The molecule has 1 aliphatic heterocycles. The second kappa shape index (κ2) is 8.64. The number of ether oxygens (including phenoxy) is 1. The minimum atomic E-state index is -0.331. The molecule has 2 amide bonds. The Labute approximate surface area is 170 Å². The van der Waals surface area contributed by atoms with Gasteiger partial charge in [-0.25, -0.2) is 4.98 Å². The number of nitrogens with zero attached hydrogens (tertiary/aromatic N) is 2. The standard InChI is InChI=1S/C18H17N3O3S3/c1-3-24-13-6-4-12(5-7-13)8-14-16(23)21(18(25)27-14)9-15(22)20-17-19-11(2)10-26-17/h4-8,10H,3,9H2,1-2H3,(H,19,20,22)/b14-8-. The molecule has 1 saturated heterocycles. The molecular weight excluding hydrogens is 402 g/mol. The Morgan fingerprint density at radius 3 is 2.74 bits per heavy atom. The monoisotopic (exact) mass is 419 g/mol. The van der Waals surface area contributed by atoms with E-state index in [1.165, 1.54) is 28.0 Å². The van der Waals surface area contributed by atoms with Gasteiger partial charge in [0.25, 0.3) is 5.91 Å². The summed E-state index contributed by atoms with van der Waals surface area (Å²) in [4.78, 5) is 30.8. The van der Waals surface area contributed by atoms with Gasteiger partial charge in [0.05, 0.1) is 17.2 Å². The topological polar surface area (TPSA) is 71.5 Å². The highest BCUT2D eigenvalue weighted by Crippen LogP contribution is 2.32. The number of carbonyl (C=O) groups is 2. The third kappa shape index (κ3) is 4.94. The van der Waals surface area contributed by atoms with E-state index in [9.17, 15) is 9.59 Å². The molecule has 27 heavy (non-hydrogen) atoms. The maximum absolute atomic E-state index is 12.6. The number of thioether (sulfide) groups is 1.